The molecule has 0 aliphatic heterocycles. The fourth-order valence-corrected chi connectivity index (χ4v) is 2.35. The molecule has 0 radical (unpaired) electrons. The van der Waals surface area contributed by atoms with Gasteiger partial charge in [-0.2, -0.15) is 0 Å². The van der Waals surface area contributed by atoms with Gasteiger partial charge in [-0.15, -0.1) is 0 Å². The van der Waals surface area contributed by atoms with Crippen LogP contribution >= 0.6 is 7.82 Å². The monoisotopic (exact) mass is 350 g/mol. The first-order valence-electron chi connectivity index (χ1n) is 6.87. The predicted octanol–water partition coefficient (Wildman–Crippen LogP) is 1.35. The van der Waals surface area contributed by atoms with Crippen molar-refractivity contribution in [3.63, 3.8) is 0 Å². The van der Waals surface area contributed by atoms with Crippen LogP contribution in [0.5, 0.6) is 5.75 Å². The maximum Gasteiger partial charge on any atom is 0.474 e. The first-order chi connectivity index (χ1) is 11.0. The lowest BCUT2D eigenvalue weighted by molar-refractivity contribution is -0.0856. The van der Waals surface area contributed by atoms with Crippen LogP contribution in [0.2, 0.25) is 0 Å². The van der Waals surface area contributed by atoms with Gasteiger partial charge in [0, 0.05) is 14.2 Å². The third-order valence-corrected chi connectivity index (χ3v) is 4.44. The lowest BCUT2D eigenvalue weighted by atomic mass is 10.2. The SMILES string of the molecule is COc1ccc(COC(COP(=O)(OC)OC)C(O)CO)cc1. The van der Waals surface area contributed by atoms with Crippen LogP contribution in [0.25, 0.3) is 0 Å². The number of phosphoric ester groups is 1. The summed E-state index contributed by atoms with van der Waals surface area (Å²) < 4.78 is 36.7. The van der Waals surface area contributed by atoms with Gasteiger partial charge in [-0.3, -0.25) is 13.6 Å². The van der Waals surface area contributed by atoms with Crippen molar-refractivity contribution >= 4 is 7.82 Å². The Kier molecular flexibility index (Phi) is 8.72. The highest BCUT2D eigenvalue weighted by Crippen LogP contribution is 2.47. The number of methoxy groups -OCH3 is 1. The fourth-order valence-electron chi connectivity index (χ4n) is 1.66. The Bertz CT molecular complexity index is 484. The Balaban J connectivity index is 2.61. The maximum absolute atomic E-state index is 11.8. The molecule has 0 heterocycles. The van der Waals surface area contributed by atoms with Crippen LogP contribution in [0.3, 0.4) is 0 Å². The molecular formula is C14H23O8P. The number of hydrogen-bond donors (Lipinski definition) is 2. The highest BCUT2D eigenvalue weighted by Gasteiger charge is 2.28. The molecule has 0 amide bonds. The van der Waals surface area contributed by atoms with Crippen LogP contribution in [0, 0.1) is 0 Å². The molecule has 0 aliphatic rings. The van der Waals surface area contributed by atoms with Gasteiger partial charge in [-0.05, 0) is 17.7 Å². The summed E-state index contributed by atoms with van der Waals surface area (Å²) in [7, 11) is 0.250. The minimum atomic E-state index is -3.68. The molecule has 2 unspecified atom stereocenters. The molecule has 9 heteroatoms. The summed E-state index contributed by atoms with van der Waals surface area (Å²) in [6.45, 7) is -0.628. The molecular weight excluding hydrogens is 327 g/mol. The second kappa shape index (κ2) is 10.00. The molecule has 0 bridgehead atoms. The third kappa shape index (κ3) is 6.56. The summed E-state index contributed by atoms with van der Waals surface area (Å²) in [5.74, 6) is 0.713. The minimum absolute atomic E-state index is 0.166. The zero-order chi connectivity index (χ0) is 17.3. The molecule has 1 aromatic carbocycles. The lowest BCUT2D eigenvalue weighted by Crippen LogP contribution is -2.35. The number of phosphoric acid groups is 1. The van der Waals surface area contributed by atoms with Gasteiger partial charge >= 0.3 is 7.82 Å². The zero-order valence-electron chi connectivity index (χ0n) is 13.4. The predicted molar refractivity (Wildman–Crippen MR) is 82.2 cm³/mol. The fraction of sp³-hybridized carbons (Fsp3) is 0.571. The van der Waals surface area contributed by atoms with E-state index in [9.17, 15) is 9.67 Å². The van der Waals surface area contributed by atoms with Gasteiger partial charge < -0.3 is 19.7 Å². The molecule has 0 aromatic heterocycles. The van der Waals surface area contributed by atoms with Crippen molar-refractivity contribution in [1.82, 2.24) is 0 Å². The first kappa shape index (κ1) is 20.1. The van der Waals surface area contributed by atoms with Crippen LogP contribution in [-0.2, 0) is 29.5 Å². The van der Waals surface area contributed by atoms with E-state index in [0.717, 1.165) is 5.56 Å². The molecule has 0 saturated carbocycles. The first-order valence-corrected chi connectivity index (χ1v) is 8.33. The molecule has 8 nitrogen and oxygen atoms in total. The molecule has 132 valence electrons. The van der Waals surface area contributed by atoms with Gasteiger partial charge in [0.05, 0.1) is 26.9 Å². The van der Waals surface area contributed by atoms with Crippen LogP contribution in [-0.4, -0.2) is 57.0 Å². The molecule has 0 fully saturated rings. The van der Waals surface area contributed by atoms with Crippen molar-refractivity contribution in [2.45, 2.75) is 18.8 Å². The summed E-state index contributed by atoms with van der Waals surface area (Å²) >= 11 is 0. The Morgan fingerprint density at radius 1 is 1.13 bits per heavy atom. The van der Waals surface area contributed by atoms with Crippen molar-refractivity contribution in [2.75, 3.05) is 34.5 Å². The number of ether oxygens (including phenoxy) is 2. The van der Waals surface area contributed by atoms with Crippen LogP contribution in [0.4, 0.5) is 0 Å². The second-order valence-electron chi connectivity index (χ2n) is 4.56. The molecule has 2 N–H and O–H groups in total. The molecule has 0 spiro atoms. The minimum Gasteiger partial charge on any atom is -0.497 e. The van der Waals surface area contributed by atoms with E-state index in [1.807, 2.05) is 0 Å². The number of aliphatic hydroxyl groups excluding tert-OH is 2. The zero-order valence-corrected chi connectivity index (χ0v) is 14.3. The summed E-state index contributed by atoms with van der Waals surface area (Å²) in [5, 5.41) is 18.9. The summed E-state index contributed by atoms with van der Waals surface area (Å²) in [5.41, 5.74) is 0.836. The molecule has 1 rings (SSSR count). The average Bonchev–Trinajstić information content (AvgIpc) is 2.61. The van der Waals surface area contributed by atoms with Crippen molar-refractivity contribution in [3.8, 4) is 5.75 Å². The molecule has 2 atom stereocenters. The van der Waals surface area contributed by atoms with E-state index in [1.54, 1.807) is 31.4 Å². The molecule has 0 aliphatic carbocycles. The van der Waals surface area contributed by atoms with E-state index in [4.69, 9.17) is 19.1 Å². The standard InChI is InChI=1S/C14H23O8P/c1-18-12-6-4-11(5-7-12)9-21-14(13(16)8-15)10-22-23(17,19-2)20-3/h4-7,13-16H,8-10H2,1-3H3. The Labute approximate surface area is 135 Å². The quantitative estimate of drug-likeness (QED) is 0.577. The van der Waals surface area contributed by atoms with Crippen molar-refractivity contribution < 1.29 is 37.8 Å². The normalized spacial score (nSPS) is 14.5. The van der Waals surface area contributed by atoms with Crippen LogP contribution < -0.4 is 4.74 Å². The van der Waals surface area contributed by atoms with Crippen LogP contribution in [0.1, 0.15) is 5.56 Å². The number of benzene rings is 1. The van der Waals surface area contributed by atoms with E-state index in [0.29, 0.717) is 5.75 Å². The molecule has 0 saturated heterocycles. The maximum atomic E-state index is 11.8. The third-order valence-electron chi connectivity index (χ3n) is 3.08. The van der Waals surface area contributed by atoms with Crippen molar-refractivity contribution in [3.05, 3.63) is 29.8 Å². The van der Waals surface area contributed by atoms with Crippen molar-refractivity contribution in [2.24, 2.45) is 0 Å². The van der Waals surface area contributed by atoms with Gasteiger partial charge in [-0.1, -0.05) is 12.1 Å². The molecule has 23 heavy (non-hydrogen) atoms. The van der Waals surface area contributed by atoms with E-state index < -0.39 is 26.6 Å². The highest BCUT2D eigenvalue weighted by atomic mass is 31.2. The molecule has 1 aromatic rings. The number of rotatable bonds is 11. The summed E-state index contributed by atoms with van der Waals surface area (Å²) in [6.07, 6.45) is -2.10. The Morgan fingerprint density at radius 3 is 2.22 bits per heavy atom. The van der Waals surface area contributed by atoms with Gasteiger partial charge in [0.25, 0.3) is 0 Å². The number of aliphatic hydroxyl groups is 2. The summed E-state index contributed by atoms with van der Waals surface area (Å²) in [4.78, 5) is 0. The highest BCUT2D eigenvalue weighted by molar-refractivity contribution is 7.48. The largest absolute Gasteiger partial charge is 0.497 e. The summed E-state index contributed by atoms with van der Waals surface area (Å²) in [6, 6.07) is 7.15. The van der Waals surface area contributed by atoms with E-state index in [1.165, 1.54) is 14.2 Å². The topological polar surface area (TPSA) is 104 Å². The Hall–Kier alpha value is -0.990. The van der Waals surface area contributed by atoms with Gasteiger partial charge in [0.2, 0.25) is 0 Å². The van der Waals surface area contributed by atoms with Crippen LogP contribution in [0.15, 0.2) is 24.3 Å². The average molecular weight is 350 g/mol. The second-order valence-corrected chi connectivity index (χ2v) is 6.44. The van der Waals surface area contributed by atoms with Gasteiger partial charge in [-0.25, -0.2) is 4.57 Å². The lowest BCUT2D eigenvalue weighted by Gasteiger charge is -2.23. The van der Waals surface area contributed by atoms with E-state index in [2.05, 4.69) is 9.05 Å². The number of hydrogen-bond acceptors (Lipinski definition) is 8. The smallest absolute Gasteiger partial charge is 0.474 e. The Morgan fingerprint density at radius 2 is 1.74 bits per heavy atom. The van der Waals surface area contributed by atoms with Gasteiger partial charge in [0.1, 0.15) is 18.0 Å². The van der Waals surface area contributed by atoms with Crippen molar-refractivity contribution in [1.29, 1.82) is 0 Å². The van der Waals surface area contributed by atoms with Gasteiger partial charge in [0.15, 0.2) is 0 Å². The van der Waals surface area contributed by atoms with E-state index >= 15 is 0 Å². The van der Waals surface area contributed by atoms with E-state index in [-0.39, 0.29) is 13.2 Å².